The largest absolute Gasteiger partial charge is 0.458 e. The molecule has 2 aromatic heterocycles. The van der Waals surface area contributed by atoms with E-state index in [2.05, 4.69) is 168 Å². The van der Waals surface area contributed by atoms with Crippen LogP contribution in [0.1, 0.15) is 0 Å². The molecule has 6 heteroatoms. The van der Waals surface area contributed by atoms with Gasteiger partial charge in [-0.25, -0.2) is 4.98 Å². The summed E-state index contributed by atoms with van der Waals surface area (Å²) in [5.74, 6) is 2.61. The molecule has 0 N–H and O–H groups in total. The molecule has 0 spiro atoms. The molecule has 0 amide bonds. The third-order valence-corrected chi connectivity index (χ3v) is 10.3. The van der Waals surface area contributed by atoms with Crippen molar-refractivity contribution < 1.29 is 9.15 Å². The van der Waals surface area contributed by atoms with Crippen molar-refractivity contribution in [2.75, 3.05) is 9.80 Å². The molecule has 0 saturated heterocycles. The molecule has 2 aliphatic rings. The first-order valence-electron chi connectivity index (χ1n) is 17.2. The minimum Gasteiger partial charge on any atom is -0.458 e. The average Bonchev–Trinajstić information content (AvgIpc) is 3.54. The summed E-state index contributed by atoms with van der Waals surface area (Å²) in [5, 5.41) is 4.28. The minimum atomic E-state index is -0.00436. The van der Waals surface area contributed by atoms with Crippen molar-refractivity contribution in [3.8, 4) is 11.5 Å². The number of hydrogen-bond donors (Lipinski definition) is 0. The molecule has 0 unspecified atom stereocenters. The van der Waals surface area contributed by atoms with Crippen LogP contribution in [0.15, 0.2) is 174 Å². The second-order valence-corrected chi connectivity index (χ2v) is 13.1. The monoisotopic (exact) mass is 653 g/mol. The standard InChI is InChI=1S/C45H28BN3O2/c1-3-13-30(14-4-1)48(45-33-17-8-7-12-29(33)24-25-47-45)32-22-23-34-35-27-43-37(28-42(35)51-41(34)26-32)46-36-18-9-10-19-38(36)49(31-15-5-2-6-16-31)39-20-11-21-40(50-43)44(39)46/h1-28H. The van der Waals surface area contributed by atoms with Gasteiger partial charge in [0.2, 0.25) is 0 Å². The first kappa shape index (κ1) is 28.1. The SMILES string of the molecule is c1ccc(N2c3ccccc3B3c4cc5oc6cc(N(c7ccccc7)c7nccc8ccccc78)ccc6c5cc4Oc4cccc2c43)cc1. The van der Waals surface area contributed by atoms with Crippen LogP contribution in [-0.4, -0.2) is 11.7 Å². The lowest BCUT2D eigenvalue weighted by Crippen LogP contribution is -2.59. The van der Waals surface area contributed by atoms with E-state index in [1.54, 1.807) is 0 Å². The third-order valence-electron chi connectivity index (χ3n) is 10.3. The molecule has 2 aliphatic heterocycles. The van der Waals surface area contributed by atoms with Crippen LogP contribution in [0.3, 0.4) is 0 Å². The van der Waals surface area contributed by atoms with Crippen molar-refractivity contribution in [3.63, 3.8) is 0 Å². The van der Waals surface area contributed by atoms with Crippen LogP contribution in [0.25, 0.3) is 32.7 Å². The summed E-state index contributed by atoms with van der Waals surface area (Å²) >= 11 is 0. The Morgan fingerprint density at radius 3 is 2.20 bits per heavy atom. The van der Waals surface area contributed by atoms with Gasteiger partial charge in [-0.3, -0.25) is 4.90 Å². The Kier molecular flexibility index (Phi) is 5.98. The number of ether oxygens (including phenoxy) is 1. The summed E-state index contributed by atoms with van der Waals surface area (Å²) in [6.07, 6.45) is 1.88. The lowest BCUT2D eigenvalue weighted by molar-refractivity contribution is 0.488. The van der Waals surface area contributed by atoms with Gasteiger partial charge in [0.25, 0.3) is 6.71 Å². The summed E-state index contributed by atoms with van der Waals surface area (Å²) in [4.78, 5) is 9.46. The van der Waals surface area contributed by atoms with Gasteiger partial charge in [0, 0.05) is 51.2 Å². The van der Waals surface area contributed by atoms with Crippen molar-refractivity contribution in [2.45, 2.75) is 0 Å². The van der Waals surface area contributed by atoms with Gasteiger partial charge < -0.3 is 14.1 Å². The van der Waals surface area contributed by atoms with Gasteiger partial charge in [-0.05, 0) is 94.6 Å². The molecule has 5 nitrogen and oxygen atoms in total. The predicted octanol–water partition coefficient (Wildman–Crippen LogP) is 10.0. The van der Waals surface area contributed by atoms with E-state index in [1.807, 2.05) is 12.3 Å². The van der Waals surface area contributed by atoms with Crippen LogP contribution in [-0.2, 0) is 0 Å². The zero-order valence-electron chi connectivity index (χ0n) is 27.4. The number of nitrogens with zero attached hydrogens (tertiary/aromatic N) is 3. The number of benzene rings is 7. The Bertz CT molecular complexity index is 2810. The fourth-order valence-electron chi connectivity index (χ4n) is 8.14. The molecular formula is C45H28BN3O2. The number of pyridine rings is 1. The highest BCUT2D eigenvalue weighted by Gasteiger charge is 2.42. The second kappa shape index (κ2) is 10.9. The molecule has 0 radical (unpaired) electrons. The Labute approximate surface area is 294 Å². The first-order chi connectivity index (χ1) is 25.3. The van der Waals surface area contributed by atoms with Gasteiger partial charge in [-0.1, -0.05) is 84.9 Å². The summed E-state index contributed by atoms with van der Waals surface area (Å²) in [6, 6.07) is 57.3. The Balaban J connectivity index is 1.09. The lowest BCUT2D eigenvalue weighted by atomic mass is 9.34. The average molecular weight is 654 g/mol. The van der Waals surface area contributed by atoms with E-state index in [0.717, 1.165) is 78.2 Å². The topological polar surface area (TPSA) is 41.7 Å². The van der Waals surface area contributed by atoms with Crippen molar-refractivity contribution in [2.24, 2.45) is 0 Å². The highest BCUT2D eigenvalue weighted by atomic mass is 16.5. The van der Waals surface area contributed by atoms with Gasteiger partial charge in [0.05, 0.1) is 5.69 Å². The number of hydrogen-bond acceptors (Lipinski definition) is 5. The maximum atomic E-state index is 6.78. The van der Waals surface area contributed by atoms with Crippen LogP contribution >= 0.6 is 0 Å². The number of aromatic nitrogens is 1. The zero-order chi connectivity index (χ0) is 33.5. The summed E-state index contributed by atoms with van der Waals surface area (Å²) in [5.41, 5.74) is 10.6. The lowest BCUT2D eigenvalue weighted by Gasteiger charge is -2.39. The molecule has 4 heterocycles. The van der Waals surface area contributed by atoms with Crippen molar-refractivity contribution in [1.29, 1.82) is 0 Å². The highest BCUT2D eigenvalue weighted by Crippen LogP contribution is 2.43. The first-order valence-corrected chi connectivity index (χ1v) is 17.2. The molecule has 7 aromatic carbocycles. The van der Waals surface area contributed by atoms with Gasteiger partial charge in [-0.2, -0.15) is 0 Å². The van der Waals surface area contributed by atoms with E-state index in [1.165, 1.54) is 16.6 Å². The molecule has 0 saturated carbocycles. The summed E-state index contributed by atoms with van der Waals surface area (Å²) in [6.45, 7) is -0.00436. The van der Waals surface area contributed by atoms with E-state index in [4.69, 9.17) is 14.1 Å². The van der Waals surface area contributed by atoms with Gasteiger partial charge >= 0.3 is 0 Å². The zero-order valence-corrected chi connectivity index (χ0v) is 27.4. The molecule has 0 bridgehead atoms. The van der Waals surface area contributed by atoms with E-state index < -0.39 is 0 Å². The van der Waals surface area contributed by atoms with E-state index in [9.17, 15) is 0 Å². The highest BCUT2D eigenvalue weighted by molar-refractivity contribution is 6.99. The maximum absolute atomic E-state index is 6.78. The van der Waals surface area contributed by atoms with Crippen molar-refractivity contribution >= 4 is 90.1 Å². The van der Waals surface area contributed by atoms with Crippen LogP contribution in [0, 0.1) is 0 Å². The fourth-order valence-corrected chi connectivity index (χ4v) is 8.14. The number of furan rings is 1. The Hall–Kier alpha value is -6.79. The number of fused-ring (bicyclic) bond motifs is 8. The molecule has 0 aliphatic carbocycles. The molecule has 0 fully saturated rings. The maximum Gasteiger partial charge on any atom is 0.256 e. The molecular weight excluding hydrogens is 625 g/mol. The van der Waals surface area contributed by atoms with E-state index in [0.29, 0.717) is 0 Å². The van der Waals surface area contributed by atoms with Crippen molar-refractivity contribution in [3.05, 3.63) is 170 Å². The quantitative estimate of drug-likeness (QED) is 0.177. The third kappa shape index (κ3) is 4.20. The second-order valence-electron chi connectivity index (χ2n) is 13.1. The van der Waals surface area contributed by atoms with E-state index in [-0.39, 0.29) is 6.71 Å². The molecule has 11 rings (SSSR count). The van der Waals surface area contributed by atoms with Gasteiger partial charge in [0.15, 0.2) is 0 Å². The molecule has 9 aromatic rings. The van der Waals surface area contributed by atoms with Crippen LogP contribution in [0.5, 0.6) is 11.5 Å². The number of rotatable bonds is 4. The van der Waals surface area contributed by atoms with Gasteiger partial charge in [0.1, 0.15) is 28.5 Å². The fraction of sp³-hybridized carbons (Fsp3) is 0. The number of para-hydroxylation sites is 3. The minimum absolute atomic E-state index is 0.00436. The summed E-state index contributed by atoms with van der Waals surface area (Å²) < 4.78 is 13.5. The van der Waals surface area contributed by atoms with Crippen LogP contribution in [0.4, 0.5) is 34.3 Å². The smallest absolute Gasteiger partial charge is 0.256 e. The normalized spacial score (nSPS) is 12.8. The van der Waals surface area contributed by atoms with Crippen LogP contribution < -0.4 is 30.9 Å². The molecule has 0 atom stereocenters. The van der Waals surface area contributed by atoms with Gasteiger partial charge in [-0.15, -0.1) is 0 Å². The Morgan fingerprint density at radius 2 is 1.29 bits per heavy atom. The van der Waals surface area contributed by atoms with Crippen molar-refractivity contribution in [1.82, 2.24) is 4.98 Å². The van der Waals surface area contributed by atoms with E-state index >= 15 is 0 Å². The Morgan fingerprint density at radius 1 is 0.529 bits per heavy atom. The molecule has 238 valence electrons. The molecule has 51 heavy (non-hydrogen) atoms. The number of anilines is 6. The summed E-state index contributed by atoms with van der Waals surface area (Å²) in [7, 11) is 0. The van der Waals surface area contributed by atoms with Crippen LogP contribution in [0.2, 0.25) is 0 Å². The predicted molar refractivity (Wildman–Crippen MR) is 210 cm³/mol.